The first-order valence-electron chi connectivity index (χ1n) is 10.2. The lowest BCUT2D eigenvalue weighted by Crippen LogP contribution is -2.39. The van der Waals surface area contributed by atoms with E-state index in [2.05, 4.69) is 20.6 Å². The summed E-state index contributed by atoms with van der Waals surface area (Å²) >= 11 is 0. The first-order valence-corrected chi connectivity index (χ1v) is 10.2. The fourth-order valence-corrected chi connectivity index (χ4v) is 3.92. The highest BCUT2D eigenvalue weighted by Crippen LogP contribution is 2.27. The van der Waals surface area contributed by atoms with Crippen molar-refractivity contribution in [3.8, 4) is 0 Å². The van der Waals surface area contributed by atoms with Gasteiger partial charge in [-0.2, -0.15) is 18.2 Å². The monoisotopic (exact) mass is 409 g/mol. The molecule has 0 radical (unpaired) electrons. The number of rotatable bonds is 7. The molecule has 2 N–H and O–H groups in total. The second-order valence-electron chi connectivity index (χ2n) is 8.31. The van der Waals surface area contributed by atoms with E-state index < -0.39 is 18.5 Å². The van der Waals surface area contributed by atoms with Gasteiger partial charge in [0.05, 0.1) is 5.52 Å². The van der Waals surface area contributed by atoms with Gasteiger partial charge in [-0.15, -0.1) is 0 Å². The predicted molar refractivity (Wildman–Crippen MR) is 111 cm³/mol. The number of nitrogens with zero attached hydrogens (tertiary/aromatic N) is 3. The number of fused-ring (bicyclic) bond motifs is 1. The molecule has 8 heteroatoms. The van der Waals surface area contributed by atoms with Gasteiger partial charge in [0, 0.05) is 38.0 Å². The van der Waals surface area contributed by atoms with Gasteiger partial charge in [-0.25, -0.2) is 4.98 Å². The Kier molecular flexibility index (Phi) is 6.82. The van der Waals surface area contributed by atoms with Crippen molar-refractivity contribution in [1.29, 1.82) is 0 Å². The second kappa shape index (κ2) is 9.15. The maximum atomic E-state index is 12.5. The molecule has 2 aromatic rings. The Morgan fingerprint density at radius 3 is 2.38 bits per heavy atom. The number of hydrogen-bond acceptors (Lipinski definition) is 5. The standard InChI is InChI=1S/C21H30F3N5/c1-14(12-21(22,23)24)13-25-15-8-10-16(11-9-15)26-20-27-18-7-5-4-6-17(18)19(28-20)29(2)3/h4-7,14-16,25H,8-13H2,1-3H3,(H,26,27,28)/t14?,15-,16+. The molecule has 0 amide bonds. The maximum Gasteiger partial charge on any atom is 0.389 e. The van der Waals surface area contributed by atoms with E-state index in [1.54, 1.807) is 6.92 Å². The van der Waals surface area contributed by atoms with E-state index in [0.717, 1.165) is 42.4 Å². The Morgan fingerprint density at radius 2 is 1.72 bits per heavy atom. The summed E-state index contributed by atoms with van der Waals surface area (Å²) < 4.78 is 37.4. The summed E-state index contributed by atoms with van der Waals surface area (Å²) in [7, 11) is 3.93. The van der Waals surface area contributed by atoms with Crippen molar-refractivity contribution >= 4 is 22.7 Å². The highest BCUT2D eigenvalue weighted by atomic mass is 19.4. The van der Waals surface area contributed by atoms with Crippen molar-refractivity contribution in [2.75, 3.05) is 30.9 Å². The summed E-state index contributed by atoms with van der Waals surface area (Å²) in [6.45, 7) is 2.05. The topological polar surface area (TPSA) is 53.1 Å². The van der Waals surface area contributed by atoms with Crippen LogP contribution >= 0.6 is 0 Å². The number of benzene rings is 1. The third kappa shape index (κ3) is 6.19. The van der Waals surface area contributed by atoms with Gasteiger partial charge in [0.15, 0.2) is 0 Å². The highest BCUT2D eigenvalue weighted by molar-refractivity contribution is 5.90. The normalized spacial score (nSPS) is 21.2. The summed E-state index contributed by atoms with van der Waals surface area (Å²) in [4.78, 5) is 11.3. The summed E-state index contributed by atoms with van der Waals surface area (Å²) in [6.07, 6.45) is -1.06. The molecule has 5 nitrogen and oxygen atoms in total. The van der Waals surface area contributed by atoms with Crippen LogP contribution in [-0.4, -0.2) is 48.9 Å². The van der Waals surface area contributed by atoms with Gasteiger partial charge in [0.25, 0.3) is 0 Å². The van der Waals surface area contributed by atoms with Crippen molar-refractivity contribution in [1.82, 2.24) is 15.3 Å². The number of hydrogen-bond donors (Lipinski definition) is 2. The van der Waals surface area contributed by atoms with Gasteiger partial charge in [-0.3, -0.25) is 0 Å². The van der Waals surface area contributed by atoms with Crippen molar-refractivity contribution in [3.05, 3.63) is 24.3 Å². The van der Waals surface area contributed by atoms with Gasteiger partial charge in [0.2, 0.25) is 5.95 Å². The fraction of sp³-hybridized carbons (Fsp3) is 0.619. The van der Waals surface area contributed by atoms with Crippen molar-refractivity contribution in [3.63, 3.8) is 0 Å². The lowest BCUT2D eigenvalue weighted by molar-refractivity contribution is -0.143. The zero-order valence-electron chi connectivity index (χ0n) is 17.3. The van der Waals surface area contributed by atoms with Crippen LogP contribution in [0.5, 0.6) is 0 Å². The van der Waals surface area contributed by atoms with Gasteiger partial charge >= 0.3 is 6.18 Å². The van der Waals surface area contributed by atoms with Crippen LogP contribution < -0.4 is 15.5 Å². The zero-order chi connectivity index (χ0) is 21.0. The molecule has 3 rings (SSSR count). The molecule has 1 aromatic heterocycles. The Hall–Kier alpha value is -2.09. The molecule has 29 heavy (non-hydrogen) atoms. The van der Waals surface area contributed by atoms with Crippen molar-refractivity contribution < 1.29 is 13.2 Å². The quantitative estimate of drug-likeness (QED) is 0.700. The molecule has 1 unspecified atom stereocenters. The van der Waals surface area contributed by atoms with E-state index in [1.807, 2.05) is 43.3 Å². The zero-order valence-corrected chi connectivity index (χ0v) is 17.3. The molecule has 1 heterocycles. The average Bonchev–Trinajstić information content (AvgIpc) is 2.65. The maximum absolute atomic E-state index is 12.5. The Balaban J connectivity index is 1.53. The lowest BCUT2D eigenvalue weighted by Gasteiger charge is -2.31. The molecule has 1 fully saturated rings. The second-order valence-corrected chi connectivity index (χ2v) is 8.31. The highest BCUT2D eigenvalue weighted by Gasteiger charge is 2.30. The minimum Gasteiger partial charge on any atom is -0.362 e. The number of anilines is 2. The molecule has 0 aliphatic heterocycles. The van der Waals surface area contributed by atoms with E-state index in [1.165, 1.54) is 0 Å². The Morgan fingerprint density at radius 1 is 1.07 bits per heavy atom. The first-order chi connectivity index (χ1) is 13.7. The predicted octanol–water partition coefficient (Wildman–Crippen LogP) is 4.60. The summed E-state index contributed by atoms with van der Waals surface area (Å²) in [6, 6.07) is 8.50. The van der Waals surface area contributed by atoms with Crippen LogP contribution in [0, 0.1) is 5.92 Å². The number of halogens is 3. The van der Waals surface area contributed by atoms with Crippen LogP contribution in [0.1, 0.15) is 39.0 Å². The van der Waals surface area contributed by atoms with Gasteiger partial charge < -0.3 is 15.5 Å². The van der Waals surface area contributed by atoms with Gasteiger partial charge in [-0.1, -0.05) is 19.1 Å². The molecule has 1 aliphatic rings. The molecule has 1 atom stereocenters. The van der Waals surface area contributed by atoms with Crippen molar-refractivity contribution in [2.45, 2.75) is 57.3 Å². The number of alkyl halides is 3. The van der Waals surface area contributed by atoms with Crippen LogP contribution in [-0.2, 0) is 0 Å². The van der Waals surface area contributed by atoms with Crippen LogP contribution in [0.3, 0.4) is 0 Å². The Labute approximate surface area is 170 Å². The first kappa shape index (κ1) is 21.6. The fourth-order valence-electron chi connectivity index (χ4n) is 3.92. The summed E-state index contributed by atoms with van der Waals surface area (Å²) in [5.74, 6) is 1.11. The smallest absolute Gasteiger partial charge is 0.362 e. The molecule has 1 saturated carbocycles. The van der Waals surface area contributed by atoms with Gasteiger partial charge in [-0.05, 0) is 50.3 Å². The van der Waals surface area contributed by atoms with E-state index in [9.17, 15) is 13.2 Å². The molecular weight excluding hydrogens is 379 g/mol. The number of aromatic nitrogens is 2. The van der Waals surface area contributed by atoms with E-state index in [4.69, 9.17) is 0 Å². The third-order valence-electron chi connectivity index (χ3n) is 5.40. The molecule has 1 aliphatic carbocycles. The minimum absolute atomic E-state index is 0.275. The largest absolute Gasteiger partial charge is 0.389 e. The minimum atomic E-state index is -4.09. The summed E-state index contributed by atoms with van der Waals surface area (Å²) in [5, 5.41) is 7.79. The molecule has 0 bridgehead atoms. The molecule has 160 valence electrons. The van der Waals surface area contributed by atoms with Crippen LogP contribution in [0.2, 0.25) is 0 Å². The van der Waals surface area contributed by atoms with E-state index in [-0.39, 0.29) is 12.1 Å². The van der Waals surface area contributed by atoms with Crippen LogP contribution in [0.25, 0.3) is 10.9 Å². The summed E-state index contributed by atoms with van der Waals surface area (Å²) in [5.41, 5.74) is 0.905. The third-order valence-corrected chi connectivity index (χ3v) is 5.40. The average molecular weight is 410 g/mol. The van der Waals surface area contributed by atoms with E-state index >= 15 is 0 Å². The SMILES string of the molecule is CC(CN[C@H]1CC[C@@H](Nc2nc(N(C)C)c3ccccc3n2)CC1)CC(F)(F)F. The van der Waals surface area contributed by atoms with Crippen LogP contribution in [0.4, 0.5) is 24.9 Å². The van der Waals surface area contributed by atoms with Crippen molar-refractivity contribution in [2.24, 2.45) is 5.92 Å². The van der Waals surface area contributed by atoms with E-state index in [0.29, 0.717) is 12.5 Å². The number of para-hydroxylation sites is 1. The van der Waals surface area contributed by atoms with Gasteiger partial charge in [0.1, 0.15) is 5.82 Å². The number of nitrogens with one attached hydrogen (secondary N) is 2. The molecule has 1 aromatic carbocycles. The Bertz CT molecular complexity index is 800. The lowest BCUT2D eigenvalue weighted by atomic mass is 9.91. The molecular formula is C21H30F3N5. The van der Waals surface area contributed by atoms with Crippen LogP contribution in [0.15, 0.2) is 24.3 Å². The molecule has 0 spiro atoms. The molecule has 0 saturated heterocycles.